The van der Waals surface area contributed by atoms with E-state index in [1.807, 2.05) is 20.9 Å². The van der Waals surface area contributed by atoms with Crippen LogP contribution in [0.2, 0.25) is 0 Å². The van der Waals surface area contributed by atoms with Crippen molar-refractivity contribution in [3.05, 3.63) is 34.6 Å². The van der Waals surface area contributed by atoms with Gasteiger partial charge < -0.3 is 5.32 Å². The first-order chi connectivity index (χ1) is 9.34. The number of hydrogen-bond donors (Lipinski definition) is 1. The van der Waals surface area contributed by atoms with Gasteiger partial charge in [0.05, 0.1) is 0 Å². The molecule has 1 aliphatic carbocycles. The van der Waals surface area contributed by atoms with Gasteiger partial charge >= 0.3 is 0 Å². The zero-order chi connectivity index (χ0) is 14.9. The average Bonchev–Trinajstić information content (AvgIpc) is 2.34. The van der Waals surface area contributed by atoms with Gasteiger partial charge in [0.1, 0.15) is 5.82 Å². The van der Waals surface area contributed by atoms with Crippen molar-refractivity contribution in [1.82, 2.24) is 5.32 Å². The highest BCUT2D eigenvalue weighted by Crippen LogP contribution is 2.43. The molecule has 20 heavy (non-hydrogen) atoms. The van der Waals surface area contributed by atoms with Gasteiger partial charge in [0.25, 0.3) is 0 Å². The third kappa shape index (κ3) is 3.22. The van der Waals surface area contributed by atoms with E-state index < -0.39 is 0 Å². The number of hydrogen-bond acceptors (Lipinski definition) is 1. The first-order valence-electron chi connectivity index (χ1n) is 7.78. The monoisotopic (exact) mass is 277 g/mol. The summed E-state index contributed by atoms with van der Waals surface area (Å²) in [5.74, 6) is 0.496. The van der Waals surface area contributed by atoms with E-state index in [0.29, 0.717) is 11.3 Å². The van der Waals surface area contributed by atoms with Crippen LogP contribution in [0.4, 0.5) is 4.39 Å². The SMILES string of the molecule is CNC(c1c(C)cc(C)cc1F)C1CCC(C)(C)CC1. The van der Waals surface area contributed by atoms with Crippen LogP contribution in [0.15, 0.2) is 12.1 Å². The number of halogens is 1. The Morgan fingerprint density at radius 3 is 2.30 bits per heavy atom. The molecule has 1 atom stereocenters. The maximum absolute atomic E-state index is 14.4. The van der Waals surface area contributed by atoms with Crippen molar-refractivity contribution in [2.24, 2.45) is 11.3 Å². The molecule has 0 spiro atoms. The Balaban J connectivity index is 2.25. The predicted molar refractivity (Wildman–Crippen MR) is 83.4 cm³/mol. The molecular formula is C18H28FN. The minimum absolute atomic E-state index is 0.0494. The standard InChI is InChI=1S/C18H28FN/c1-12-10-13(2)16(15(19)11-12)17(20-5)14-6-8-18(3,4)9-7-14/h10-11,14,17,20H,6-9H2,1-5H3. The minimum atomic E-state index is -0.0494. The Morgan fingerprint density at radius 2 is 1.80 bits per heavy atom. The predicted octanol–water partition coefficient (Wildman–Crippen LogP) is 4.92. The number of benzene rings is 1. The summed E-state index contributed by atoms with van der Waals surface area (Å²) in [7, 11) is 1.96. The van der Waals surface area contributed by atoms with E-state index >= 15 is 0 Å². The molecular weight excluding hydrogens is 249 g/mol. The van der Waals surface area contributed by atoms with E-state index in [1.54, 1.807) is 6.07 Å². The lowest BCUT2D eigenvalue weighted by molar-refractivity contribution is 0.163. The first-order valence-corrected chi connectivity index (χ1v) is 7.78. The molecule has 0 aromatic heterocycles. The molecule has 0 saturated heterocycles. The molecule has 0 radical (unpaired) electrons. The second-order valence-corrected chi connectivity index (χ2v) is 7.25. The van der Waals surface area contributed by atoms with Crippen LogP contribution in [-0.2, 0) is 0 Å². The molecule has 2 heteroatoms. The van der Waals surface area contributed by atoms with Crippen molar-refractivity contribution < 1.29 is 4.39 Å². The summed E-state index contributed by atoms with van der Waals surface area (Å²) in [5.41, 5.74) is 3.41. The molecule has 1 N–H and O–H groups in total. The van der Waals surface area contributed by atoms with Crippen LogP contribution in [0.5, 0.6) is 0 Å². The Kier molecular flexibility index (Phi) is 4.53. The largest absolute Gasteiger partial charge is 0.313 e. The van der Waals surface area contributed by atoms with E-state index in [2.05, 4.69) is 25.2 Å². The van der Waals surface area contributed by atoms with Crippen LogP contribution in [0.3, 0.4) is 0 Å². The highest BCUT2D eigenvalue weighted by molar-refractivity contribution is 5.34. The van der Waals surface area contributed by atoms with Crippen LogP contribution in [0.25, 0.3) is 0 Å². The Bertz CT molecular complexity index is 445. The first kappa shape index (κ1) is 15.5. The molecule has 1 aromatic rings. The van der Waals surface area contributed by atoms with Crippen molar-refractivity contribution in [3.8, 4) is 0 Å². The topological polar surface area (TPSA) is 12.0 Å². The lowest BCUT2D eigenvalue weighted by Crippen LogP contribution is -2.32. The zero-order valence-corrected chi connectivity index (χ0v) is 13.5. The molecule has 1 aliphatic rings. The van der Waals surface area contributed by atoms with Crippen molar-refractivity contribution in [1.29, 1.82) is 0 Å². The van der Waals surface area contributed by atoms with Gasteiger partial charge in [-0.1, -0.05) is 19.9 Å². The molecule has 0 aliphatic heterocycles. The quantitative estimate of drug-likeness (QED) is 0.827. The van der Waals surface area contributed by atoms with E-state index in [0.717, 1.165) is 16.7 Å². The maximum Gasteiger partial charge on any atom is 0.128 e. The highest BCUT2D eigenvalue weighted by Gasteiger charge is 2.33. The summed E-state index contributed by atoms with van der Waals surface area (Å²) in [4.78, 5) is 0. The molecule has 1 saturated carbocycles. The summed E-state index contributed by atoms with van der Waals surface area (Å²) in [6, 6.07) is 3.90. The summed E-state index contributed by atoms with van der Waals surface area (Å²) in [6.45, 7) is 8.67. The van der Waals surface area contributed by atoms with E-state index in [1.165, 1.54) is 25.7 Å². The average molecular weight is 277 g/mol. The molecule has 2 rings (SSSR count). The number of nitrogens with one attached hydrogen (secondary N) is 1. The molecule has 1 fully saturated rings. The molecule has 1 nitrogen and oxygen atoms in total. The second-order valence-electron chi connectivity index (χ2n) is 7.25. The summed E-state index contributed by atoms with van der Waals surface area (Å²) in [6.07, 6.45) is 4.85. The fourth-order valence-corrected chi connectivity index (χ4v) is 3.69. The summed E-state index contributed by atoms with van der Waals surface area (Å²) in [5, 5.41) is 3.38. The lowest BCUT2D eigenvalue weighted by atomic mass is 9.70. The molecule has 112 valence electrons. The molecule has 1 aromatic carbocycles. The highest BCUT2D eigenvalue weighted by atomic mass is 19.1. The van der Waals surface area contributed by atoms with Gasteiger partial charge in [0, 0.05) is 11.6 Å². The summed E-state index contributed by atoms with van der Waals surface area (Å²) < 4.78 is 14.4. The van der Waals surface area contributed by atoms with Gasteiger partial charge in [-0.2, -0.15) is 0 Å². The van der Waals surface area contributed by atoms with Gasteiger partial charge in [-0.15, -0.1) is 0 Å². The van der Waals surface area contributed by atoms with Gasteiger partial charge in [0.2, 0.25) is 0 Å². The molecule has 0 bridgehead atoms. The van der Waals surface area contributed by atoms with Crippen molar-refractivity contribution >= 4 is 0 Å². The van der Waals surface area contributed by atoms with Crippen molar-refractivity contribution in [2.45, 2.75) is 59.4 Å². The minimum Gasteiger partial charge on any atom is -0.313 e. The van der Waals surface area contributed by atoms with Crippen LogP contribution in [0, 0.1) is 31.0 Å². The summed E-state index contributed by atoms with van der Waals surface area (Å²) >= 11 is 0. The van der Waals surface area contributed by atoms with Gasteiger partial charge in [0.15, 0.2) is 0 Å². The maximum atomic E-state index is 14.4. The Hall–Kier alpha value is -0.890. The number of aryl methyl sites for hydroxylation is 2. The Labute approximate surface area is 123 Å². The van der Waals surface area contributed by atoms with E-state index in [4.69, 9.17) is 0 Å². The van der Waals surface area contributed by atoms with Gasteiger partial charge in [-0.25, -0.2) is 4.39 Å². The van der Waals surface area contributed by atoms with Gasteiger partial charge in [-0.3, -0.25) is 0 Å². The Morgan fingerprint density at radius 1 is 1.20 bits per heavy atom. The number of rotatable bonds is 3. The third-order valence-corrected chi connectivity index (χ3v) is 4.96. The van der Waals surface area contributed by atoms with Gasteiger partial charge in [-0.05, 0) is 75.1 Å². The third-order valence-electron chi connectivity index (χ3n) is 4.96. The smallest absolute Gasteiger partial charge is 0.128 e. The second kappa shape index (κ2) is 5.85. The van der Waals surface area contributed by atoms with E-state index in [-0.39, 0.29) is 11.9 Å². The zero-order valence-electron chi connectivity index (χ0n) is 13.5. The fraction of sp³-hybridized carbons (Fsp3) is 0.667. The molecule has 1 unspecified atom stereocenters. The fourth-order valence-electron chi connectivity index (χ4n) is 3.69. The van der Waals surface area contributed by atoms with E-state index in [9.17, 15) is 4.39 Å². The van der Waals surface area contributed by atoms with Crippen LogP contribution >= 0.6 is 0 Å². The lowest BCUT2D eigenvalue weighted by Gasteiger charge is -2.38. The van der Waals surface area contributed by atoms with Crippen LogP contribution in [-0.4, -0.2) is 7.05 Å². The normalized spacial score (nSPS) is 20.9. The molecule has 0 amide bonds. The van der Waals surface area contributed by atoms with Crippen LogP contribution in [0.1, 0.15) is 62.3 Å². The molecule has 0 heterocycles. The van der Waals surface area contributed by atoms with Crippen molar-refractivity contribution in [2.75, 3.05) is 7.05 Å². The van der Waals surface area contributed by atoms with Crippen molar-refractivity contribution in [3.63, 3.8) is 0 Å². The van der Waals surface area contributed by atoms with Crippen LogP contribution < -0.4 is 5.32 Å².